The van der Waals surface area contributed by atoms with Gasteiger partial charge in [0.15, 0.2) is 17.3 Å². The minimum atomic E-state index is -0.456. The number of nitrogens with one attached hydrogen (secondary N) is 1. The minimum Gasteiger partial charge on any atom is -0.478 e. The number of rotatable bonds is 6. The number of para-hydroxylation sites is 1. The standard InChI is InChI=1S/C24H18FNO3/c25-21-14-6-7-15-22(21)29-17-9-8-16-26-24(28)20-13-5-4-12-19(20)23(27)18-10-2-1-3-11-18/h1-7,10-15H,16-17H2,(H,26,28). The number of carbonyl (C=O) groups is 2. The summed E-state index contributed by atoms with van der Waals surface area (Å²) in [5.74, 6) is 4.50. The third-order valence-corrected chi connectivity index (χ3v) is 4.05. The van der Waals surface area contributed by atoms with Gasteiger partial charge in [-0.05, 0) is 18.2 Å². The highest BCUT2D eigenvalue weighted by atomic mass is 19.1. The summed E-state index contributed by atoms with van der Waals surface area (Å²) in [6, 6.07) is 21.5. The second kappa shape index (κ2) is 9.86. The minimum absolute atomic E-state index is 0.000115. The Morgan fingerprint density at radius 3 is 2.24 bits per heavy atom. The predicted molar refractivity (Wildman–Crippen MR) is 108 cm³/mol. The quantitative estimate of drug-likeness (QED) is 0.516. The van der Waals surface area contributed by atoms with Crippen LogP contribution >= 0.6 is 0 Å². The highest BCUT2D eigenvalue weighted by Crippen LogP contribution is 2.15. The van der Waals surface area contributed by atoms with Crippen molar-refractivity contribution in [1.29, 1.82) is 0 Å². The first-order chi connectivity index (χ1) is 14.2. The van der Waals surface area contributed by atoms with Crippen LogP contribution in [0, 0.1) is 17.7 Å². The van der Waals surface area contributed by atoms with Crippen molar-refractivity contribution >= 4 is 11.7 Å². The SMILES string of the molecule is O=C(NCC#CCOc1ccccc1F)c1ccccc1C(=O)c1ccccc1. The first-order valence-corrected chi connectivity index (χ1v) is 8.97. The Morgan fingerprint density at radius 1 is 0.828 bits per heavy atom. The van der Waals surface area contributed by atoms with E-state index < -0.39 is 11.7 Å². The Hall–Kier alpha value is -3.91. The number of amides is 1. The summed E-state index contributed by atoms with van der Waals surface area (Å²) in [5, 5.41) is 2.66. The van der Waals surface area contributed by atoms with Gasteiger partial charge in [-0.3, -0.25) is 9.59 Å². The fraction of sp³-hybridized carbons (Fsp3) is 0.0833. The molecule has 29 heavy (non-hydrogen) atoms. The molecule has 0 aliphatic heterocycles. The Morgan fingerprint density at radius 2 is 1.48 bits per heavy atom. The van der Waals surface area contributed by atoms with Crippen molar-refractivity contribution in [3.8, 4) is 17.6 Å². The summed E-state index contributed by atoms with van der Waals surface area (Å²) in [6.07, 6.45) is 0. The molecule has 0 heterocycles. The van der Waals surface area contributed by atoms with E-state index in [1.54, 1.807) is 60.7 Å². The molecular weight excluding hydrogens is 369 g/mol. The molecule has 0 saturated heterocycles. The Balaban J connectivity index is 1.58. The highest BCUT2D eigenvalue weighted by molar-refractivity contribution is 6.15. The Bertz CT molecular complexity index is 1070. The van der Waals surface area contributed by atoms with E-state index in [2.05, 4.69) is 17.2 Å². The van der Waals surface area contributed by atoms with Crippen LogP contribution in [0.1, 0.15) is 26.3 Å². The summed E-state index contributed by atoms with van der Waals surface area (Å²) in [4.78, 5) is 25.2. The third-order valence-electron chi connectivity index (χ3n) is 4.05. The average molecular weight is 387 g/mol. The lowest BCUT2D eigenvalue weighted by Gasteiger charge is -2.08. The zero-order valence-corrected chi connectivity index (χ0v) is 15.5. The van der Waals surface area contributed by atoms with Crippen LogP contribution in [0.15, 0.2) is 78.9 Å². The van der Waals surface area contributed by atoms with Gasteiger partial charge in [0.1, 0.15) is 6.61 Å². The molecule has 1 amide bonds. The van der Waals surface area contributed by atoms with E-state index in [9.17, 15) is 14.0 Å². The predicted octanol–water partition coefficient (Wildman–Crippen LogP) is 3.87. The van der Waals surface area contributed by atoms with E-state index in [-0.39, 0.29) is 30.2 Å². The second-order valence-electron chi connectivity index (χ2n) is 6.00. The van der Waals surface area contributed by atoms with E-state index in [0.717, 1.165) is 0 Å². The number of ketones is 1. The van der Waals surface area contributed by atoms with Crippen molar-refractivity contribution in [2.45, 2.75) is 0 Å². The van der Waals surface area contributed by atoms with Gasteiger partial charge >= 0.3 is 0 Å². The van der Waals surface area contributed by atoms with E-state index in [0.29, 0.717) is 11.1 Å². The maximum atomic E-state index is 13.4. The number of hydrogen-bond acceptors (Lipinski definition) is 3. The molecule has 1 N–H and O–H groups in total. The molecule has 0 spiro atoms. The molecule has 5 heteroatoms. The number of carbonyl (C=O) groups excluding carboxylic acids is 2. The molecule has 0 fully saturated rings. The van der Waals surface area contributed by atoms with Crippen LogP contribution in [0.25, 0.3) is 0 Å². The van der Waals surface area contributed by atoms with Gasteiger partial charge in [0.2, 0.25) is 0 Å². The molecule has 144 valence electrons. The molecule has 3 aromatic rings. The summed E-state index contributed by atoms with van der Waals surface area (Å²) in [6.45, 7) is 0.0766. The average Bonchev–Trinajstić information content (AvgIpc) is 2.77. The van der Waals surface area contributed by atoms with Crippen LogP contribution in [-0.2, 0) is 0 Å². The van der Waals surface area contributed by atoms with Crippen molar-refractivity contribution in [2.24, 2.45) is 0 Å². The van der Waals surface area contributed by atoms with E-state index in [1.165, 1.54) is 12.1 Å². The lowest BCUT2D eigenvalue weighted by Crippen LogP contribution is -2.25. The molecule has 0 aliphatic carbocycles. The van der Waals surface area contributed by atoms with E-state index in [4.69, 9.17) is 4.74 Å². The number of ether oxygens (including phenoxy) is 1. The van der Waals surface area contributed by atoms with E-state index >= 15 is 0 Å². The van der Waals surface area contributed by atoms with Crippen molar-refractivity contribution in [3.05, 3.63) is 101 Å². The second-order valence-corrected chi connectivity index (χ2v) is 6.00. The Kier molecular flexibility index (Phi) is 6.75. The molecule has 0 saturated carbocycles. The normalized spacial score (nSPS) is 9.83. The highest BCUT2D eigenvalue weighted by Gasteiger charge is 2.17. The van der Waals surface area contributed by atoms with Gasteiger partial charge in [0.25, 0.3) is 5.91 Å². The maximum absolute atomic E-state index is 13.4. The third kappa shape index (κ3) is 5.30. The molecule has 0 bridgehead atoms. The van der Waals surface area contributed by atoms with Crippen LogP contribution in [0.4, 0.5) is 4.39 Å². The zero-order valence-electron chi connectivity index (χ0n) is 15.5. The summed E-state index contributed by atoms with van der Waals surface area (Å²) in [5.41, 5.74) is 1.12. The molecule has 4 nitrogen and oxygen atoms in total. The van der Waals surface area contributed by atoms with Crippen LogP contribution < -0.4 is 10.1 Å². The first-order valence-electron chi connectivity index (χ1n) is 8.97. The fourth-order valence-electron chi connectivity index (χ4n) is 2.63. The maximum Gasteiger partial charge on any atom is 0.252 e. The van der Waals surface area contributed by atoms with Gasteiger partial charge in [-0.2, -0.15) is 0 Å². The smallest absolute Gasteiger partial charge is 0.252 e. The van der Waals surface area contributed by atoms with Crippen molar-refractivity contribution < 1.29 is 18.7 Å². The van der Waals surface area contributed by atoms with Crippen LogP contribution in [0.3, 0.4) is 0 Å². The number of hydrogen-bond donors (Lipinski definition) is 1. The van der Waals surface area contributed by atoms with Crippen molar-refractivity contribution in [3.63, 3.8) is 0 Å². The lowest BCUT2D eigenvalue weighted by molar-refractivity contribution is 0.0946. The summed E-state index contributed by atoms with van der Waals surface area (Å²) < 4.78 is 18.6. The topological polar surface area (TPSA) is 55.4 Å². The Labute approximate surface area is 168 Å². The summed E-state index contributed by atoms with van der Waals surface area (Å²) in [7, 11) is 0. The van der Waals surface area contributed by atoms with Crippen molar-refractivity contribution in [2.75, 3.05) is 13.2 Å². The van der Waals surface area contributed by atoms with Crippen LogP contribution in [0.5, 0.6) is 5.75 Å². The summed E-state index contributed by atoms with van der Waals surface area (Å²) >= 11 is 0. The van der Waals surface area contributed by atoms with Gasteiger partial charge in [-0.1, -0.05) is 72.5 Å². The van der Waals surface area contributed by atoms with Gasteiger partial charge in [-0.15, -0.1) is 0 Å². The first kappa shape index (κ1) is 19.8. The monoisotopic (exact) mass is 387 g/mol. The molecule has 0 aromatic heterocycles. The van der Waals surface area contributed by atoms with Crippen LogP contribution in [0.2, 0.25) is 0 Å². The zero-order chi connectivity index (χ0) is 20.5. The van der Waals surface area contributed by atoms with Gasteiger partial charge in [0, 0.05) is 11.1 Å². The molecule has 0 atom stereocenters. The largest absolute Gasteiger partial charge is 0.478 e. The number of benzene rings is 3. The van der Waals surface area contributed by atoms with Gasteiger partial charge in [0.05, 0.1) is 12.1 Å². The molecular formula is C24H18FNO3. The molecule has 0 radical (unpaired) electrons. The van der Waals surface area contributed by atoms with Gasteiger partial charge < -0.3 is 10.1 Å². The van der Waals surface area contributed by atoms with Gasteiger partial charge in [-0.25, -0.2) is 4.39 Å². The molecule has 0 unspecified atom stereocenters. The lowest BCUT2D eigenvalue weighted by atomic mass is 9.98. The molecule has 3 rings (SSSR count). The number of halogens is 1. The molecule has 0 aliphatic rings. The molecule has 3 aromatic carbocycles. The van der Waals surface area contributed by atoms with Crippen LogP contribution in [-0.4, -0.2) is 24.8 Å². The fourth-order valence-corrected chi connectivity index (χ4v) is 2.63. The van der Waals surface area contributed by atoms with Crippen molar-refractivity contribution in [1.82, 2.24) is 5.32 Å². The van der Waals surface area contributed by atoms with E-state index in [1.807, 2.05) is 6.07 Å².